The molecule has 0 aliphatic heterocycles. The monoisotopic (exact) mass is 265 g/mol. The maximum Gasteiger partial charge on any atom is 0.242 e. The first kappa shape index (κ1) is 12.6. The molecule has 1 unspecified atom stereocenters. The summed E-state index contributed by atoms with van der Waals surface area (Å²) in [5.74, 6) is 0.121. The fourth-order valence-corrected chi connectivity index (χ4v) is 1.49. The van der Waals surface area contributed by atoms with Gasteiger partial charge in [-0.1, -0.05) is 23.7 Å². The van der Waals surface area contributed by atoms with Gasteiger partial charge in [-0.15, -0.1) is 23.2 Å². The Hall–Kier alpha value is -0.440. The number of alkyl halides is 2. The van der Waals surface area contributed by atoms with E-state index in [1.807, 2.05) is 0 Å². The highest BCUT2D eigenvalue weighted by Crippen LogP contribution is 2.22. The summed E-state index contributed by atoms with van der Waals surface area (Å²) >= 11 is 17.1. The number of nitrogens with one attached hydrogen (secondary N) is 1. The lowest BCUT2D eigenvalue weighted by atomic mass is 10.1. The van der Waals surface area contributed by atoms with E-state index in [9.17, 15) is 4.79 Å². The van der Waals surface area contributed by atoms with E-state index in [2.05, 4.69) is 5.32 Å². The fourth-order valence-electron chi connectivity index (χ4n) is 1.04. The largest absolute Gasteiger partial charge is 0.353 e. The van der Waals surface area contributed by atoms with Crippen LogP contribution in [0.3, 0.4) is 0 Å². The molecule has 1 atom stereocenters. The van der Waals surface area contributed by atoms with Crippen molar-refractivity contribution in [2.45, 2.75) is 5.38 Å². The minimum atomic E-state index is -0.703. The molecule has 0 bridgehead atoms. The van der Waals surface area contributed by atoms with E-state index in [0.717, 1.165) is 0 Å². The minimum absolute atomic E-state index is 0.250. The Morgan fingerprint density at radius 3 is 2.47 bits per heavy atom. The summed E-state index contributed by atoms with van der Waals surface area (Å²) in [4.78, 5) is 11.5. The van der Waals surface area contributed by atoms with Crippen LogP contribution in [-0.4, -0.2) is 18.3 Å². The van der Waals surface area contributed by atoms with Gasteiger partial charge in [-0.3, -0.25) is 4.79 Å². The van der Waals surface area contributed by atoms with Crippen LogP contribution in [0.25, 0.3) is 0 Å². The molecule has 0 spiro atoms. The molecule has 0 heterocycles. The number of benzene rings is 1. The van der Waals surface area contributed by atoms with Crippen molar-refractivity contribution in [1.82, 2.24) is 5.32 Å². The van der Waals surface area contributed by atoms with Gasteiger partial charge < -0.3 is 5.32 Å². The summed E-state index contributed by atoms with van der Waals surface area (Å²) in [6.45, 7) is 0.414. The van der Waals surface area contributed by atoms with Crippen LogP contribution in [0, 0.1) is 0 Å². The SMILES string of the molecule is O=C(NCCCl)C(Cl)c1ccc(Cl)cc1. The number of amides is 1. The normalized spacial score (nSPS) is 12.2. The molecular formula is C10H10Cl3NO. The first-order chi connectivity index (χ1) is 7.15. The van der Waals surface area contributed by atoms with E-state index in [0.29, 0.717) is 23.0 Å². The molecule has 1 aromatic carbocycles. The van der Waals surface area contributed by atoms with Gasteiger partial charge in [0.1, 0.15) is 5.38 Å². The molecule has 5 heteroatoms. The lowest BCUT2D eigenvalue weighted by Crippen LogP contribution is -2.28. The predicted molar refractivity (Wildman–Crippen MR) is 63.8 cm³/mol. The Morgan fingerprint density at radius 2 is 1.93 bits per heavy atom. The number of carbonyl (C=O) groups is 1. The molecule has 0 aliphatic rings. The van der Waals surface area contributed by atoms with Crippen molar-refractivity contribution in [2.24, 2.45) is 0 Å². The van der Waals surface area contributed by atoms with Gasteiger partial charge in [-0.25, -0.2) is 0 Å². The first-order valence-corrected chi connectivity index (χ1v) is 5.73. The molecule has 0 aliphatic carbocycles. The van der Waals surface area contributed by atoms with Crippen molar-refractivity contribution in [3.8, 4) is 0 Å². The van der Waals surface area contributed by atoms with Crippen LogP contribution in [-0.2, 0) is 4.79 Å². The van der Waals surface area contributed by atoms with Gasteiger partial charge in [0.05, 0.1) is 0 Å². The molecule has 15 heavy (non-hydrogen) atoms. The maximum atomic E-state index is 11.5. The fraction of sp³-hybridized carbons (Fsp3) is 0.300. The topological polar surface area (TPSA) is 29.1 Å². The van der Waals surface area contributed by atoms with E-state index in [-0.39, 0.29) is 5.91 Å². The highest BCUT2D eigenvalue weighted by molar-refractivity contribution is 6.31. The summed E-state index contributed by atoms with van der Waals surface area (Å²) in [7, 11) is 0. The Morgan fingerprint density at radius 1 is 1.33 bits per heavy atom. The van der Waals surface area contributed by atoms with Gasteiger partial charge in [0.2, 0.25) is 5.91 Å². The van der Waals surface area contributed by atoms with Gasteiger partial charge in [0, 0.05) is 17.4 Å². The quantitative estimate of drug-likeness (QED) is 0.834. The van der Waals surface area contributed by atoms with Gasteiger partial charge in [0.15, 0.2) is 0 Å². The second-order valence-corrected chi connectivity index (χ2v) is 4.14. The molecule has 82 valence electrons. The molecular weight excluding hydrogens is 256 g/mol. The van der Waals surface area contributed by atoms with Crippen LogP contribution in [0.15, 0.2) is 24.3 Å². The Balaban J connectivity index is 2.63. The molecule has 1 aromatic rings. The lowest BCUT2D eigenvalue weighted by molar-refractivity contribution is -0.120. The molecule has 0 radical (unpaired) electrons. The van der Waals surface area contributed by atoms with E-state index in [4.69, 9.17) is 34.8 Å². The number of carbonyl (C=O) groups excluding carboxylic acids is 1. The van der Waals surface area contributed by atoms with E-state index < -0.39 is 5.38 Å². The summed E-state index contributed by atoms with van der Waals surface area (Å²) < 4.78 is 0. The smallest absolute Gasteiger partial charge is 0.242 e. The van der Waals surface area contributed by atoms with E-state index in [1.54, 1.807) is 24.3 Å². The van der Waals surface area contributed by atoms with Crippen molar-refractivity contribution >= 4 is 40.7 Å². The maximum absolute atomic E-state index is 11.5. The second kappa shape index (κ2) is 6.21. The highest BCUT2D eigenvalue weighted by atomic mass is 35.5. The zero-order valence-corrected chi connectivity index (χ0v) is 10.1. The van der Waals surface area contributed by atoms with E-state index in [1.165, 1.54) is 0 Å². The van der Waals surface area contributed by atoms with Crippen LogP contribution >= 0.6 is 34.8 Å². The van der Waals surface area contributed by atoms with Crippen molar-refractivity contribution in [2.75, 3.05) is 12.4 Å². The Kier molecular flexibility index (Phi) is 5.23. The summed E-state index contributed by atoms with van der Waals surface area (Å²) in [5, 5.41) is 2.52. The molecule has 2 nitrogen and oxygen atoms in total. The Labute approximate surface area is 104 Å². The Bertz CT molecular complexity index is 326. The zero-order chi connectivity index (χ0) is 11.3. The van der Waals surface area contributed by atoms with Crippen LogP contribution in [0.4, 0.5) is 0 Å². The van der Waals surface area contributed by atoms with E-state index >= 15 is 0 Å². The van der Waals surface area contributed by atoms with Crippen LogP contribution in [0.5, 0.6) is 0 Å². The van der Waals surface area contributed by atoms with Gasteiger partial charge in [-0.2, -0.15) is 0 Å². The molecule has 1 amide bonds. The molecule has 0 saturated heterocycles. The predicted octanol–water partition coefficient (Wildman–Crippen LogP) is 2.97. The lowest BCUT2D eigenvalue weighted by Gasteiger charge is -2.09. The second-order valence-electron chi connectivity index (χ2n) is 2.89. The molecule has 1 rings (SSSR count). The number of hydrogen-bond donors (Lipinski definition) is 1. The average molecular weight is 267 g/mol. The molecule has 0 fully saturated rings. The third kappa shape index (κ3) is 3.90. The van der Waals surface area contributed by atoms with Gasteiger partial charge in [-0.05, 0) is 17.7 Å². The highest BCUT2D eigenvalue weighted by Gasteiger charge is 2.16. The minimum Gasteiger partial charge on any atom is -0.353 e. The standard InChI is InChI=1S/C10H10Cl3NO/c11-5-6-14-10(15)9(13)7-1-3-8(12)4-2-7/h1-4,9H,5-6H2,(H,14,15). The van der Waals surface area contributed by atoms with Crippen LogP contribution in [0.1, 0.15) is 10.9 Å². The third-order valence-electron chi connectivity index (χ3n) is 1.79. The number of halogens is 3. The van der Waals surface area contributed by atoms with Crippen molar-refractivity contribution in [1.29, 1.82) is 0 Å². The van der Waals surface area contributed by atoms with Crippen LogP contribution in [0.2, 0.25) is 5.02 Å². The van der Waals surface area contributed by atoms with Gasteiger partial charge >= 0.3 is 0 Å². The average Bonchev–Trinajstić information content (AvgIpc) is 2.26. The molecule has 1 N–H and O–H groups in total. The molecule has 0 aromatic heterocycles. The summed E-state index contributed by atoms with van der Waals surface area (Å²) in [5.41, 5.74) is 0.716. The zero-order valence-electron chi connectivity index (χ0n) is 7.84. The molecule has 0 saturated carbocycles. The third-order valence-corrected chi connectivity index (χ3v) is 2.68. The van der Waals surface area contributed by atoms with Crippen molar-refractivity contribution in [3.63, 3.8) is 0 Å². The summed E-state index contributed by atoms with van der Waals surface area (Å²) in [6, 6.07) is 6.84. The number of rotatable bonds is 4. The first-order valence-electron chi connectivity index (χ1n) is 4.38. The van der Waals surface area contributed by atoms with Crippen LogP contribution < -0.4 is 5.32 Å². The van der Waals surface area contributed by atoms with Gasteiger partial charge in [0.25, 0.3) is 0 Å². The number of hydrogen-bond acceptors (Lipinski definition) is 1. The summed E-state index contributed by atoms with van der Waals surface area (Å²) in [6.07, 6.45) is 0. The van der Waals surface area contributed by atoms with Crippen molar-refractivity contribution in [3.05, 3.63) is 34.9 Å². The van der Waals surface area contributed by atoms with Crippen molar-refractivity contribution < 1.29 is 4.79 Å².